The van der Waals surface area contributed by atoms with Crippen LogP contribution in [0.4, 0.5) is 5.82 Å². The Kier molecular flexibility index (Phi) is 4.99. The second-order valence-corrected chi connectivity index (χ2v) is 4.76. The molecule has 0 spiro atoms. The van der Waals surface area contributed by atoms with Gasteiger partial charge < -0.3 is 20.5 Å². The van der Waals surface area contributed by atoms with Gasteiger partial charge in [-0.2, -0.15) is 0 Å². The monoisotopic (exact) mass is 265 g/mol. The largest absolute Gasteiger partial charge is 0.490 e. The Morgan fingerprint density at radius 1 is 1.47 bits per heavy atom. The minimum absolute atomic E-state index is 0.109. The minimum atomic E-state index is 0.109. The zero-order valence-electron chi connectivity index (χ0n) is 11.6. The standard InChI is InChI=1S/C14H23N3O2/c1-3-8-19-11-6-5-7-16-14(11)17-13-10(15)9-12(13)18-4-2/h5-7,10,12-13H,3-4,8-9,15H2,1-2H3,(H,16,17). The van der Waals surface area contributed by atoms with Crippen molar-refractivity contribution in [2.45, 2.75) is 44.9 Å². The van der Waals surface area contributed by atoms with Crippen molar-refractivity contribution >= 4 is 5.82 Å². The molecule has 1 aromatic heterocycles. The van der Waals surface area contributed by atoms with Crippen LogP contribution >= 0.6 is 0 Å². The minimum Gasteiger partial charge on any atom is -0.490 e. The topological polar surface area (TPSA) is 69.4 Å². The molecule has 0 bridgehead atoms. The lowest BCUT2D eigenvalue weighted by molar-refractivity contribution is -0.0127. The van der Waals surface area contributed by atoms with Crippen LogP contribution in [-0.2, 0) is 4.74 Å². The number of pyridine rings is 1. The van der Waals surface area contributed by atoms with E-state index in [9.17, 15) is 0 Å². The molecule has 1 saturated carbocycles. The third-order valence-corrected chi connectivity index (χ3v) is 3.28. The fourth-order valence-corrected chi connectivity index (χ4v) is 2.21. The molecule has 5 heteroatoms. The van der Waals surface area contributed by atoms with Crippen LogP contribution in [0.3, 0.4) is 0 Å². The van der Waals surface area contributed by atoms with Gasteiger partial charge in [-0.15, -0.1) is 0 Å². The smallest absolute Gasteiger partial charge is 0.169 e. The van der Waals surface area contributed by atoms with Gasteiger partial charge in [-0.25, -0.2) is 4.98 Å². The number of nitrogens with zero attached hydrogens (tertiary/aromatic N) is 1. The maximum atomic E-state index is 6.03. The Bertz CT molecular complexity index is 398. The second-order valence-electron chi connectivity index (χ2n) is 4.76. The van der Waals surface area contributed by atoms with Crippen LogP contribution in [0.2, 0.25) is 0 Å². The molecule has 1 aromatic rings. The lowest BCUT2D eigenvalue weighted by Crippen LogP contribution is -2.60. The van der Waals surface area contributed by atoms with Gasteiger partial charge in [0.1, 0.15) is 0 Å². The first-order chi connectivity index (χ1) is 9.26. The quantitative estimate of drug-likeness (QED) is 0.786. The number of nitrogens with one attached hydrogen (secondary N) is 1. The van der Waals surface area contributed by atoms with Crippen molar-refractivity contribution in [3.63, 3.8) is 0 Å². The van der Waals surface area contributed by atoms with Gasteiger partial charge in [-0.05, 0) is 31.9 Å². The summed E-state index contributed by atoms with van der Waals surface area (Å²) < 4.78 is 11.3. The van der Waals surface area contributed by atoms with E-state index in [0.717, 1.165) is 24.4 Å². The Morgan fingerprint density at radius 3 is 3.00 bits per heavy atom. The summed E-state index contributed by atoms with van der Waals surface area (Å²) in [6.45, 7) is 5.47. The average molecular weight is 265 g/mol. The summed E-state index contributed by atoms with van der Waals surface area (Å²) in [5.74, 6) is 1.53. The van der Waals surface area contributed by atoms with E-state index in [1.807, 2.05) is 19.1 Å². The number of hydrogen-bond donors (Lipinski definition) is 2. The van der Waals surface area contributed by atoms with Crippen molar-refractivity contribution in [2.24, 2.45) is 5.73 Å². The molecule has 1 fully saturated rings. The van der Waals surface area contributed by atoms with Crippen LogP contribution < -0.4 is 15.8 Å². The first kappa shape index (κ1) is 14.1. The number of rotatable bonds is 7. The van der Waals surface area contributed by atoms with E-state index in [2.05, 4.69) is 17.2 Å². The van der Waals surface area contributed by atoms with Gasteiger partial charge in [0.2, 0.25) is 0 Å². The van der Waals surface area contributed by atoms with Gasteiger partial charge in [-0.1, -0.05) is 6.92 Å². The van der Waals surface area contributed by atoms with Gasteiger partial charge in [0.15, 0.2) is 11.6 Å². The molecule has 0 radical (unpaired) electrons. The summed E-state index contributed by atoms with van der Waals surface area (Å²) in [4.78, 5) is 4.34. The lowest BCUT2D eigenvalue weighted by atomic mass is 9.83. The molecule has 3 atom stereocenters. The molecule has 0 aliphatic heterocycles. The number of ether oxygens (including phenoxy) is 2. The van der Waals surface area contributed by atoms with Crippen molar-refractivity contribution < 1.29 is 9.47 Å². The molecular formula is C14H23N3O2. The highest BCUT2D eigenvalue weighted by molar-refractivity contribution is 5.51. The average Bonchev–Trinajstić information content (AvgIpc) is 2.43. The molecule has 0 aromatic carbocycles. The molecule has 1 aliphatic rings. The Balaban J connectivity index is 2.01. The summed E-state index contributed by atoms with van der Waals surface area (Å²) >= 11 is 0. The third kappa shape index (κ3) is 3.36. The highest BCUT2D eigenvalue weighted by Crippen LogP contribution is 2.29. The van der Waals surface area contributed by atoms with Gasteiger partial charge >= 0.3 is 0 Å². The summed E-state index contributed by atoms with van der Waals surface area (Å²) in [5.41, 5.74) is 6.03. The van der Waals surface area contributed by atoms with E-state index in [4.69, 9.17) is 15.2 Å². The first-order valence-electron chi connectivity index (χ1n) is 6.97. The molecule has 1 heterocycles. The fourth-order valence-electron chi connectivity index (χ4n) is 2.21. The molecular weight excluding hydrogens is 242 g/mol. The molecule has 106 valence electrons. The van der Waals surface area contributed by atoms with Crippen molar-refractivity contribution in [2.75, 3.05) is 18.5 Å². The number of hydrogen-bond acceptors (Lipinski definition) is 5. The van der Waals surface area contributed by atoms with E-state index < -0.39 is 0 Å². The summed E-state index contributed by atoms with van der Waals surface area (Å²) in [6.07, 6.45) is 3.78. The van der Waals surface area contributed by atoms with Crippen LogP contribution in [0.1, 0.15) is 26.7 Å². The Morgan fingerprint density at radius 2 is 2.32 bits per heavy atom. The van der Waals surface area contributed by atoms with Crippen LogP contribution in [0.15, 0.2) is 18.3 Å². The summed E-state index contributed by atoms with van der Waals surface area (Å²) in [5, 5.41) is 3.35. The van der Waals surface area contributed by atoms with Crippen molar-refractivity contribution in [3.05, 3.63) is 18.3 Å². The Hall–Kier alpha value is -1.33. The van der Waals surface area contributed by atoms with Crippen molar-refractivity contribution in [1.82, 2.24) is 4.98 Å². The number of nitrogens with two attached hydrogens (primary N) is 1. The van der Waals surface area contributed by atoms with E-state index >= 15 is 0 Å². The van der Waals surface area contributed by atoms with Crippen molar-refractivity contribution in [3.8, 4) is 5.75 Å². The maximum absolute atomic E-state index is 6.03. The number of anilines is 1. The normalized spacial score (nSPS) is 25.7. The molecule has 2 rings (SSSR count). The van der Waals surface area contributed by atoms with E-state index in [1.165, 1.54) is 0 Å². The molecule has 19 heavy (non-hydrogen) atoms. The molecule has 3 N–H and O–H groups in total. The van der Waals surface area contributed by atoms with Crippen molar-refractivity contribution in [1.29, 1.82) is 0 Å². The molecule has 3 unspecified atom stereocenters. The second kappa shape index (κ2) is 6.73. The highest BCUT2D eigenvalue weighted by Gasteiger charge is 2.39. The third-order valence-electron chi connectivity index (χ3n) is 3.28. The summed E-state index contributed by atoms with van der Waals surface area (Å²) in [6, 6.07) is 4.01. The maximum Gasteiger partial charge on any atom is 0.169 e. The predicted molar refractivity (Wildman–Crippen MR) is 75.4 cm³/mol. The van der Waals surface area contributed by atoms with Crippen LogP contribution in [-0.4, -0.2) is 36.4 Å². The predicted octanol–water partition coefficient (Wildman–Crippen LogP) is 1.79. The first-order valence-corrected chi connectivity index (χ1v) is 6.97. The van der Waals surface area contributed by atoms with E-state index in [1.54, 1.807) is 6.20 Å². The summed E-state index contributed by atoms with van der Waals surface area (Å²) in [7, 11) is 0. The van der Waals surface area contributed by atoms with Gasteiger partial charge in [0.25, 0.3) is 0 Å². The highest BCUT2D eigenvalue weighted by atomic mass is 16.5. The van der Waals surface area contributed by atoms with Gasteiger partial charge in [-0.3, -0.25) is 0 Å². The van der Waals surface area contributed by atoms with E-state index in [-0.39, 0.29) is 18.2 Å². The fraction of sp³-hybridized carbons (Fsp3) is 0.643. The number of aromatic nitrogens is 1. The van der Waals surface area contributed by atoms with Crippen LogP contribution in [0, 0.1) is 0 Å². The molecule has 1 aliphatic carbocycles. The lowest BCUT2D eigenvalue weighted by Gasteiger charge is -2.42. The van der Waals surface area contributed by atoms with Crippen LogP contribution in [0.5, 0.6) is 5.75 Å². The van der Waals surface area contributed by atoms with Gasteiger partial charge in [0.05, 0.1) is 18.8 Å². The Labute approximate surface area is 114 Å². The zero-order valence-corrected chi connectivity index (χ0v) is 11.6. The molecule has 0 amide bonds. The van der Waals surface area contributed by atoms with E-state index in [0.29, 0.717) is 13.2 Å². The van der Waals surface area contributed by atoms with Crippen LogP contribution in [0.25, 0.3) is 0 Å². The molecule has 5 nitrogen and oxygen atoms in total. The zero-order chi connectivity index (χ0) is 13.7. The van der Waals surface area contributed by atoms with Gasteiger partial charge in [0, 0.05) is 18.8 Å². The molecule has 0 saturated heterocycles. The SMILES string of the molecule is CCCOc1cccnc1NC1C(N)CC1OCC.